The van der Waals surface area contributed by atoms with E-state index < -0.39 is 6.61 Å². The molecule has 0 aliphatic rings. The SMILES string of the molecule is C=CCNC(=NC)NCc1cc(Cl)cc(Cl)c1OC(F)F.I. The highest BCUT2D eigenvalue weighted by atomic mass is 127. The van der Waals surface area contributed by atoms with Crippen molar-refractivity contribution in [2.45, 2.75) is 13.2 Å². The van der Waals surface area contributed by atoms with Crippen LogP contribution in [0.2, 0.25) is 10.0 Å². The lowest BCUT2D eigenvalue weighted by molar-refractivity contribution is -0.0504. The van der Waals surface area contributed by atoms with Gasteiger partial charge in [0.15, 0.2) is 5.96 Å². The summed E-state index contributed by atoms with van der Waals surface area (Å²) >= 11 is 11.8. The van der Waals surface area contributed by atoms with Crippen molar-refractivity contribution in [1.29, 1.82) is 0 Å². The highest BCUT2D eigenvalue weighted by molar-refractivity contribution is 14.0. The van der Waals surface area contributed by atoms with Crippen molar-refractivity contribution in [1.82, 2.24) is 10.6 Å². The molecule has 1 aromatic rings. The summed E-state index contributed by atoms with van der Waals surface area (Å²) in [7, 11) is 1.58. The van der Waals surface area contributed by atoms with Crippen molar-refractivity contribution < 1.29 is 13.5 Å². The van der Waals surface area contributed by atoms with Crippen molar-refractivity contribution >= 4 is 53.1 Å². The third kappa shape index (κ3) is 6.97. The molecule has 1 rings (SSSR count). The van der Waals surface area contributed by atoms with Gasteiger partial charge in [-0.25, -0.2) is 0 Å². The van der Waals surface area contributed by atoms with E-state index in [1.165, 1.54) is 12.1 Å². The van der Waals surface area contributed by atoms with E-state index in [1.807, 2.05) is 0 Å². The molecule has 2 N–H and O–H groups in total. The van der Waals surface area contributed by atoms with E-state index in [1.54, 1.807) is 13.1 Å². The quantitative estimate of drug-likeness (QED) is 0.288. The summed E-state index contributed by atoms with van der Waals surface area (Å²) in [5.41, 5.74) is 0.398. The highest BCUT2D eigenvalue weighted by Gasteiger charge is 2.15. The number of rotatable bonds is 6. The summed E-state index contributed by atoms with van der Waals surface area (Å²) < 4.78 is 29.3. The first-order valence-electron chi connectivity index (χ1n) is 5.96. The molecule has 0 aliphatic carbocycles. The van der Waals surface area contributed by atoms with Crippen LogP contribution in [0.4, 0.5) is 8.78 Å². The van der Waals surface area contributed by atoms with Crippen LogP contribution in [0.25, 0.3) is 0 Å². The van der Waals surface area contributed by atoms with Crippen molar-refractivity contribution in [3.05, 3.63) is 40.4 Å². The van der Waals surface area contributed by atoms with Gasteiger partial charge >= 0.3 is 6.61 Å². The van der Waals surface area contributed by atoms with E-state index >= 15 is 0 Å². The molecule has 0 aromatic heterocycles. The molecule has 1 aromatic carbocycles. The molecule has 0 unspecified atom stereocenters. The number of nitrogens with one attached hydrogen (secondary N) is 2. The summed E-state index contributed by atoms with van der Waals surface area (Å²) in [6.07, 6.45) is 1.66. The molecule has 0 bridgehead atoms. The largest absolute Gasteiger partial charge is 0.433 e. The molecule has 0 spiro atoms. The van der Waals surface area contributed by atoms with Gasteiger partial charge in [-0.15, -0.1) is 30.6 Å². The van der Waals surface area contributed by atoms with E-state index in [0.29, 0.717) is 23.1 Å². The molecule has 0 saturated heterocycles. The van der Waals surface area contributed by atoms with Gasteiger partial charge < -0.3 is 15.4 Å². The van der Waals surface area contributed by atoms with Crippen molar-refractivity contribution in [2.75, 3.05) is 13.6 Å². The standard InChI is InChI=1S/C13H15Cl2F2N3O.HI/c1-3-4-19-13(18-2)20-7-8-5-9(14)6-10(15)11(8)21-12(16)17;/h3,5-6,12H,1,4,7H2,2H3,(H2,18,19,20);1H. The lowest BCUT2D eigenvalue weighted by atomic mass is 10.2. The fourth-order valence-electron chi connectivity index (χ4n) is 1.53. The minimum Gasteiger partial charge on any atom is -0.433 e. The number of benzene rings is 1. The van der Waals surface area contributed by atoms with Gasteiger partial charge in [0, 0.05) is 30.7 Å². The Bertz CT molecular complexity index is 530. The van der Waals surface area contributed by atoms with Gasteiger partial charge in [0.1, 0.15) is 5.75 Å². The van der Waals surface area contributed by atoms with E-state index in [0.717, 1.165) is 0 Å². The van der Waals surface area contributed by atoms with Gasteiger partial charge in [-0.05, 0) is 12.1 Å². The fraction of sp³-hybridized carbons (Fsp3) is 0.308. The second kappa shape index (κ2) is 10.8. The van der Waals surface area contributed by atoms with E-state index in [2.05, 4.69) is 26.9 Å². The third-order valence-electron chi connectivity index (χ3n) is 2.38. The lowest BCUT2D eigenvalue weighted by Gasteiger charge is -2.15. The van der Waals surface area contributed by atoms with Crippen LogP contribution in [-0.4, -0.2) is 26.2 Å². The Balaban J connectivity index is 0.00000441. The molecule has 4 nitrogen and oxygen atoms in total. The molecule has 22 heavy (non-hydrogen) atoms. The maximum Gasteiger partial charge on any atom is 0.387 e. The Morgan fingerprint density at radius 3 is 2.64 bits per heavy atom. The molecule has 0 saturated carbocycles. The first-order valence-corrected chi connectivity index (χ1v) is 6.71. The van der Waals surface area contributed by atoms with E-state index in [-0.39, 0.29) is 41.3 Å². The number of nitrogens with zero attached hydrogens (tertiary/aromatic N) is 1. The van der Waals surface area contributed by atoms with Gasteiger partial charge in [0.2, 0.25) is 0 Å². The normalized spacial score (nSPS) is 10.9. The molecule has 124 valence electrons. The molecule has 0 fully saturated rings. The van der Waals surface area contributed by atoms with Gasteiger partial charge in [-0.1, -0.05) is 29.3 Å². The maximum absolute atomic E-state index is 12.4. The monoisotopic (exact) mass is 465 g/mol. The summed E-state index contributed by atoms with van der Waals surface area (Å²) in [5.74, 6) is 0.372. The van der Waals surface area contributed by atoms with Crippen LogP contribution in [0.15, 0.2) is 29.8 Å². The van der Waals surface area contributed by atoms with Crippen molar-refractivity contribution in [3.8, 4) is 5.75 Å². The third-order valence-corrected chi connectivity index (χ3v) is 2.87. The van der Waals surface area contributed by atoms with Crippen LogP contribution >= 0.6 is 47.2 Å². The molecule has 0 heterocycles. The number of hydrogen-bond acceptors (Lipinski definition) is 2. The zero-order valence-electron chi connectivity index (χ0n) is 11.7. The Hall–Kier alpha value is -0.800. The second-order valence-electron chi connectivity index (χ2n) is 3.85. The second-order valence-corrected chi connectivity index (χ2v) is 4.69. The van der Waals surface area contributed by atoms with Gasteiger partial charge in [0.05, 0.1) is 5.02 Å². The van der Waals surface area contributed by atoms with Gasteiger partial charge in [-0.2, -0.15) is 8.78 Å². The first-order chi connectivity index (χ1) is 9.97. The lowest BCUT2D eigenvalue weighted by Crippen LogP contribution is -2.36. The number of ether oxygens (including phenoxy) is 1. The van der Waals surface area contributed by atoms with Gasteiger partial charge in [0.25, 0.3) is 0 Å². The number of alkyl halides is 2. The van der Waals surface area contributed by atoms with Crippen molar-refractivity contribution in [2.24, 2.45) is 4.99 Å². The smallest absolute Gasteiger partial charge is 0.387 e. The number of halogens is 5. The summed E-state index contributed by atoms with van der Waals surface area (Å²) in [6, 6.07) is 2.84. The maximum atomic E-state index is 12.4. The molecule has 0 atom stereocenters. The average Bonchev–Trinajstić information content (AvgIpc) is 2.42. The highest BCUT2D eigenvalue weighted by Crippen LogP contribution is 2.33. The van der Waals surface area contributed by atoms with Crippen LogP contribution in [0.1, 0.15) is 5.56 Å². The van der Waals surface area contributed by atoms with Crippen LogP contribution in [0.5, 0.6) is 5.75 Å². The van der Waals surface area contributed by atoms with Crippen LogP contribution in [0.3, 0.4) is 0 Å². The van der Waals surface area contributed by atoms with Crippen molar-refractivity contribution in [3.63, 3.8) is 0 Å². The molecule has 9 heteroatoms. The molecular weight excluding hydrogens is 450 g/mol. The predicted octanol–water partition coefficient (Wildman–Crippen LogP) is 4.06. The Labute approximate surface area is 154 Å². The van der Waals surface area contributed by atoms with Gasteiger partial charge in [-0.3, -0.25) is 4.99 Å². The Morgan fingerprint density at radius 2 is 2.09 bits per heavy atom. The number of hydrogen-bond donors (Lipinski definition) is 2. The van der Waals surface area contributed by atoms with Crippen LogP contribution < -0.4 is 15.4 Å². The van der Waals surface area contributed by atoms with Crippen LogP contribution in [-0.2, 0) is 6.54 Å². The summed E-state index contributed by atoms with van der Waals surface area (Å²) in [6.45, 7) is 1.28. The number of aliphatic imine (C=N–C) groups is 1. The predicted molar refractivity (Wildman–Crippen MR) is 96.9 cm³/mol. The molecule has 0 radical (unpaired) electrons. The molecule has 0 amide bonds. The topological polar surface area (TPSA) is 45.7 Å². The number of guanidine groups is 1. The average molecular weight is 466 g/mol. The molecule has 0 aliphatic heterocycles. The zero-order valence-corrected chi connectivity index (χ0v) is 15.5. The Morgan fingerprint density at radius 1 is 1.41 bits per heavy atom. The minimum atomic E-state index is -2.97. The first kappa shape index (κ1) is 21.2. The Kier molecular flexibility index (Phi) is 10.5. The fourth-order valence-corrected chi connectivity index (χ4v) is 2.11. The minimum absolute atomic E-state index is 0. The van der Waals surface area contributed by atoms with E-state index in [4.69, 9.17) is 23.2 Å². The zero-order chi connectivity index (χ0) is 15.8. The van der Waals surface area contributed by atoms with E-state index in [9.17, 15) is 8.78 Å². The summed E-state index contributed by atoms with van der Waals surface area (Å²) in [5, 5.41) is 6.23. The van der Waals surface area contributed by atoms with Crippen LogP contribution in [0, 0.1) is 0 Å². The molecular formula is C13H16Cl2F2IN3O. The summed E-state index contributed by atoms with van der Waals surface area (Å²) in [4.78, 5) is 3.97.